The lowest BCUT2D eigenvalue weighted by Gasteiger charge is -2.37. The largest absolute Gasteiger partial charge is 0.363 e. The highest BCUT2D eigenvalue weighted by Gasteiger charge is 2.40. The first-order valence-electron chi connectivity index (χ1n) is 6.98. The molecule has 1 spiro atoms. The van der Waals surface area contributed by atoms with E-state index in [2.05, 4.69) is 0 Å². The molecule has 5 heteroatoms. The molecule has 0 aromatic heterocycles. The van der Waals surface area contributed by atoms with Crippen molar-refractivity contribution in [3.63, 3.8) is 0 Å². The van der Waals surface area contributed by atoms with Crippen molar-refractivity contribution in [2.75, 3.05) is 25.4 Å². The molecule has 2 heterocycles. The van der Waals surface area contributed by atoms with E-state index in [0.717, 1.165) is 43.9 Å². The molecule has 0 saturated carbocycles. The molecule has 2 aliphatic rings. The van der Waals surface area contributed by atoms with Crippen molar-refractivity contribution in [2.24, 2.45) is 0 Å². The normalized spacial score (nSPS) is 21.4. The highest BCUT2D eigenvalue weighted by molar-refractivity contribution is 8.00. The predicted molar refractivity (Wildman–Crippen MR) is 82.1 cm³/mol. The predicted octanol–water partition coefficient (Wildman–Crippen LogP) is 2.96. The van der Waals surface area contributed by atoms with Crippen LogP contribution in [0.1, 0.15) is 18.4 Å². The number of benzene rings is 1. The van der Waals surface area contributed by atoms with Crippen molar-refractivity contribution >= 4 is 29.3 Å². The number of amides is 1. The van der Waals surface area contributed by atoms with Crippen molar-refractivity contribution in [3.05, 3.63) is 34.9 Å². The van der Waals surface area contributed by atoms with Crippen molar-refractivity contribution in [2.45, 2.75) is 24.2 Å². The smallest absolute Gasteiger partial charge is 0.227 e. The summed E-state index contributed by atoms with van der Waals surface area (Å²) < 4.78 is 5.85. The molecule has 0 atom stereocenters. The van der Waals surface area contributed by atoms with Crippen molar-refractivity contribution in [1.82, 2.24) is 4.90 Å². The standard InChI is InChI=1S/C15H18ClNO2S/c16-13-4-2-1-3-12(13)11-14(18)17-7-5-15(6-8-17)19-9-10-20-15/h1-4H,5-11H2. The fraction of sp³-hybridized carbons (Fsp3) is 0.533. The molecule has 2 aliphatic heterocycles. The third kappa shape index (κ3) is 2.97. The van der Waals surface area contributed by atoms with E-state index in [0.29, 0.717) is 11.4 Å². The maximum Gasteiger partial charge on any atom is 0.227 e. The van der Waals surface area contributed by atoms with Gasteiger partial charge in [0.05, 0.1) is 13.0 Å². The van der Waals surface area contributed by atoms with Crippen LogP contribution in [0.5, 0.6) is 0 Å². The van der Waals surface area contributed by atoms with Crippen LogP contribution in [0, 0.1) is 0 Å². The van der Waals surface area contributed by atoms with Gasteiger partial charge < -0.3 is 9.64 Å². The van der Waals surface area contributed by atoms with Gasteiger partial charge in [-0.3, -0.25) is 4.79 Å². The number of likely N-dealkylation sites (tertiary alicyclic amines) is 1. The summed E-state index contributed by atoms with van der Waals surface area (Å²) in [6.45, 7) is 2.42. The Hall–Kier alpha value is -0.710. The molecule has 3 rings (SSSR count). The molecule has 1 aromatic rings. The molecule has 2 saturated heterocycles. The average Bonchev–Trinajstić information content (AvgIpc) is 2.90. The van der Waals surface area contributed by atoms with Gasteiger partial charge in [-0.1, -0.05) is 29.8 Å². The van der Waals surface area contributed by atoms with Crippen LogP contribution in [0.25, 0.3) is 0 Å². The number of carbonyl (C=O) groups is 1. The van der Waals surface area contributed by atoms with E-state index in [9.17, 15) is 4.79 Å². The van der Waals surface area contributed by atoms with Gasteiger partial charge >= 0.3 is 0 Å². The minimum Gasteiger partial charge on any atom is -0.363 e. The first-order chi connectivity index (χ1) is 9.69. The minimum absolute atomic E-state index is 0.0127. The van der Waals surface area contributed by atoms with Crippen LogP contribution >= 0.6 is 23.4 Å². The lowest BCUT2D eigenvalue weighted by molar-refractivity contribution is -0.133. The van der Waals surface area contributed by atoms with Gasteiger partial charge in [0.1, 0.15) is 4.93 Å². The van der Waals surface area contributed by atoms with E-state index in [1.807, 2.05) is 40.9 Å². The molecule has 20 heavy (non-hydrogen) atoms. The van der Waals surface area contributed by atoms with Gasteiger partial charge in [0, 0.05) is 36.7 Å². The number of ether oxygens (including phenoxy) is 1. The number of hydrogen-bond acceptors (Lipinski definition) is 3. The van der Waals surface area contributed by atoms with E-state index >= 15 is 0 Å². The summed E-state index contributed by atoms with van der Waals surface area (Å²) >= 11 is 8.02. The number of piperidine rings is 1. The Morgan fingerprint density at radius 3 is 2.75 bits per heavy atom. The van der Waals surface area contributed by atoms with E-state index in [4.69, 9.17) is 16.3 Å². The van der Waals surface area contributed by atoms with Crippen molar-refractivity contribution in [3.8, 4) is 0 Å². The third-order valence-corrected chi connectivity index (χ3v) is 5.78. The lowest BCUT2D eigenvalue weighted by atomic mass is 10.1. The second-order valence-electron chi connectivity index (χ2n) is 5.26. The van der Waals surface area contributed by atoms with Crippen LogP contribution in [0.15, 0.2) is 24.3 Å². The number of nitrogens with zero attached hydrogens (tertiary/aromatic N) is 1. The summed E-state index contributed by atoms with van der Waals surface area (Å²) in [4.78, 5) is 14.3. The molecule has 0 radical (unpaired) electrons. The minimum atomic E-state index is -0.0127. The Morgan fingerprint density at radius 1 is 1.35 bits per heavy atom. The number of thioether (sulfide) groups is 1. The summed E-state index contributed by atoms with van der Waals surface area (Å²) in [5.74, 6) is 1.24. The van der Waals surface area contributed by atoms with Crippen LogP contribution in [-0.4, -0.2) is 41.2 Å². The Bertz CT molecular complexity index is 492. The highest BCUT2D eigenvalue weighted by Crippen LogP contribution is 2.41. The summed E-state index contributed by atoms with van der Waals surface area (Å²) in [5, 5.41) is 0.670. The average molecular weight is 312 g/mol. The Balaban J connectivity index is 1.58. The van der Waals surface area contributed by atoms with Crippen molar-refractivity contribution < 1.29 is 9.53 Å². The monoisotopic (exact) mass is 311 g/mol. The Labute approximate surface area is 128 Å². The third-order valence-electron chi connectivity index (χ3n) is 3.99. The van der Waals surface area contributed by atoms with E-state index in [1.165, 1.54) is 0 Å². The van der Waals surface area contributed by atoms with Gasteiger partial charge in [-0.25, -0.2) is 0 Å². The summed E-state index contributed by atoms with van der Waals surface area (Å²) in [6.07, 6.45) is 2.26. The second-order valence-corrected chi connectivity index (χ2v) is 7.10. The number of halogens is 1. The van der Waals surface area contributed by atoms with Gasteiger partial charge in [0.15, 0.2) is 0 Å². The van der Waals surface area contributed by atoms with E-state index in [1.54, 1.807) is 0 Å². The number of hydrogen-bond donors (Lipinski definition) is 0. The van der Waals surface area contributed by atoms with Crippen LogP contribution < -0.4 is 0 Å². The quantitative estimate of drug-likeness (QED) is 0.841. The zero-order chi connectivity index (χ0) is 14.0. The first kappa shape index (κ1) is 14.2. The van der Waals surface area contributed by atoms with Crippen molar-refractivity contribution in [1.29, 1.82) is 0 Å². The maximum atomic E-state index is 12.3. The molecule has 0 unspecified atom stereocenters. The molecular weight excluding hydrogens is 294 g/mol. The molecular formula is C15H18ClNO2S. The van der Waals surface area contributed by atoms with Crippen LogP contribution in [0.3, 0.4) is 0 Å². The SMILES string of the molecule is O=C(Cc1ccccc1Cl)N1CCC2(CC1)OCCS2. The van der Waals surface area contributed by atoms with Crippen LogP contribution in [-0.2, 0) is 16.0 Å². The van der Waals surface area contributed by atoms with Gasteiger partial charge in [-0.15, -0.1) is 11.8 Å². The summed E-state index contributed by atoms with van der Waals surface area (Å²) in [5.41, 5.74) is 0.908. The van der Waals surface area contributed by atoms with E-state index < -0.39 is 0 Å². The molecule has 3 nitrogen and oxygen atoms in total. The zero-order valence-electron chi connectivity index (χ0n) is 11.3. The molecule has 0 N–H and O–H groups in total. The number of carbonyl (C=O) groups excluding carboxylic acids is 1. The van der Waals surface area contributed by atoms with Gasteiger partial charge in [-0.2, -0.15) is 0 Å². The molecule has 0 bridgehead atoms. The number of rotatable bonds is 2. The Morgan fingerprint density at radius 2 is 2.10 bits per heavy atom. The molecule has 108 valence electrons. The molecule has 2 fully saturated rings. The maximum absolute atomic E-state index is 12.3. The summed E-state index contributed by atoms with van der Waals surface area (Å²) in [7, 11) is 0. The fourth-order valence-corrected chi connectivity index (χ4v) is 4.18. The fourth-order valence-electron chi connectivity index (χ4n) is 2.80. The van der Waals surface area contributed by atoms with Gasteiger partial charge in [0.25, 0.3) is 0 Å². The highest BCUT2D eigenvalue weighted by atomic mass is 35.5. The molecule has 1 amide bonds. The van der Waals surface area contributed by atoms with E-state index in [-0.39, 0.29) is 10.8 Å². The Kier molecular flexibility index (Phi) is 4.24. The van der Waals surface area contributed by atoms with Crippen LogP contribution in [0.2, 0.25) is 5.02 Å². The lowest BCUT2D eigenvalue weighted by Crippen LogP contribution is -2.45. The molecule has 1 aromatic carbocycles. The summed E-state index contributed by atoms with van der Waals surface area (Å²) in [6, 6.07) is 7.55. The van der Waals surface area contributed by atoms with Gasteiger partial charge in [-0.05, 0) is 11.6 Å². The van der Waals surface area contributed by atoms with Gasteiger partial charge in [0.2, 0.25) is 5.91 Å². The topological polar surface area (TPSA) is 29.5 Å². The second kappa shape index (κ2) is 5.96. The van der Waals surface area contributed by atoms with Crippen LogP contribution in [0.4, 0.5) is 0 Å². The first-order valence-corrected chi connectivity index (χ1v) is 8.34. The molecule has 0 aliphatic carbocycles. The zero-order valence-corrected chi connectivity index (χ0v) is 12.9.